The summed E-state index contributed by atoms with van der Waals surface area (Å²) >= 11 is 0. The van der Waals surface area contributed by atoms with Gasteiger partial charge in [-0.05, 0) is 37.1 Å². The highest BCUT2D eigenvalue weighted by Crippen LogP contribution is 2.49. The Morgan fingerprint density at radius 2 is 1.95 bits per heavy atom. The lowest BCUT2D eigenvalue weighted by atomic mass is 9.82. The van der Waals surface area contributed by atoms with Crippen LogP contribution in [0.4, 0.5) is 0 Å². The molecule has 4 rings (SSSR count). The second-order valence-corrected chi connectivity index (χ2v) is 9.67. The Labute approximate surface area is 222 Å². The standard InChI is InChI=1S/C28H36N2O8/c1-5-6-17(2)29-25(31)14-30-13-21(18-7-10-22-24(11-18)38-16-37-22)26(28(32)33)27(30)20-9-8-19(35-4)12-23(20)36-15-34-3/h7-12,17,21,26-27H,5-6,13-16H2,1-4H3,(H,29,31)(H,32,33). The number of aliphatic carboxylic acids is 1. The quantitative estimate of drug-likeness (QED) is 0.399. The molecule has 0 aromatic heterocycles. The first-order valence-corrected chi connectivity index (χ1v) is 12.8. The molecule has 0 spiro atoms. The highest BCUT2D eigenvalue weighted by Gasteiger charge is 2.49. The Kier molecular flexibility index (Phi) is 8.96. The lowest BCUT2D eigenvalue weighted by Gasteiger charge is -2.29. The van der Waals surface area contributed by atoms with E-state index < -0.39 is 23.8 Å². The zero-order chi connectivity index (χ0) is 27.2. The maximum atomic E-state index is 13.1. The van der Waals surface area contributed by atoms with Crippen molar-refractivity contribution in [2.75, 3.05) is 40.9 Å². The average Bonchev–Trinajstić information content (AvgIpc) is 3.51. The van der Waals surface area contributed by atoms with Crippen LogP contribution in [0.1, 0.15) is 49.8 Å². The van der Waals surface area contributed by atoms with Gasteiger partial charge in [0.15, 0.2) is 18.3 Å². The molecule has 2 aromatic carbocycles. The molecule has 206 valence electrons. The van der Waals surface area contributed by atoms with Crippen LogP contribution in [0.15, 0.2) is 36.4 Å². The van der Waals surface area contributed by atoms with Crippen molar-refractivity contribution >= 4 is 11.9 Å². The molecule has 10 nitrogen and oxygen atoms in total. The zero-order valence-electron chi connectivity index (χ0n) is 22.3. The number of carboxylic acid groups (broad SMARTS) is 1. The van der Waals surface area contributed by atoms with Crippen molar-refractivity contribution in [2.45, 2.75) is 44.7 Å². The van der Waals surface area contributed by atoms with Crippen molar-refractivity contribution in [1.82, 2.24) is 10.2 Å². The maximum Gasteiger partial charge on any atom is 0.309 e. The molecule has 2 aliphatic heterocycles. The predicted molar refractivity (Wildman–Crippen MR) is 139 cm³/mol. The number of carbonyl (C=O) groups is 2. The molecule has 0 aliphatic carbocycles. The first-order valence-electron chi connectivity index (χ1n) is 12.8. The third kappa shape index (κ3) is 5.97. The first-order chi connectivity index (χ1) is 18.4. The van der Waals surface area contributed by atoms with Crippen LogP contribution >= 0.6 is 0 Å². The summed E-state index contributed by atoms with van der Waals surface area (Å²) in [6.45, 7) is 4.54. The number of ether oxygens (including phenoxy) is 5. The molecule has 4 atom stereocenters. The molecular formula is C28H36N2O8. The third-order valence-corrected chi connectivity index (χ3v) is 7.06. The first kappa shape index (κ1) is 27.5. The van der Waals surface area contributed by atoms with Gasteiger partial charge in [0.25, 0.3) is 0 Å². The second-order valence-electron chi connectivity index (χ2n) is 9.67. The smallest absolute Gasteiger partial charge is 0.309 e. The van der Waals surface area contributed by atoms with Gasteiger partial charge in [0.05, 0.1) is 25.6 Å². The van der Waals surface area contributed by atoms with E-state index in [0.717, 1.165) is 18.4 Å². The molecule has 0 radical (unpaired) electrons. The highest BCUT2D eigenvalue weighted by molar-refractivity contribution is 5.79. The van der Waals surface area contributed by atoms with Gasteiger partial charge in [0.2, 0.25) is 12.7 Å². The Morgan fingerprint density at radius 3 is 2.66 bits per heavy atom. The topological polar surface area (TPSA) is 116 Å². The Bertz CT molecular complexity index is 1140. The third-order valence-electron chi connectivity index (χ3n) is 7.06. The summed E-state index contributed by atoms with van der Waals surface area (Å²) in [7, 11) is 3.06. The van der Waals surface area contributed by atoms with Crippen LogP contribution in [0.2, 0.25) is 0 Å². The number of benzene rings is 2. The number of rotatable bonds is 12. The van der Waals surface area contributed by atoms with Gasteiger partial charge in [-0.25, -0.2) is 0 Å². The molecule has 10 heteroatoms. The van der Waals surface area contributed by atoms with Crippen molar-refractivity contribution in [1.29, 1.82) is 0 Å². The molecule has 2 aliphatic rings. The van der Waals surface area contributed by atoms with E-state index in [1.165, 1.54) is 7.11 Å². The van der Waals surface area contributed by atoms with Crippen LogP contribution in [0.3, 0.4) is 0 Å². The number of nitrogens with one attached hydrogen (secondary N) is 1. The van der Waals surface area contributed by atoms with Crippen LogP contribution in [0.25, 0.3) is 0 Å². The van der Waals surface area contributed by atoms with Crippen LogP contribution in [0, 0.1) is 5.92 Å². The zero-order valence-corrected chi connectivity index (χ0v) is 22.3. The van der Waals surface area contributed by atoms with E-state index in [4.69, 9.17) is 23.7 Å². The number of hydrogen-bond donors (Lipinski definition) is 2. The lowest BCUT2D eigenvalue weighted by Crippen LogP contribution is -2.41. The molecule has 2 aromatic rings. The van der Waals surface area contributed by atoms with Gasteiger partial charge in [-0.15, -0.1) is 0 Å². The number of amides is 1. The van der Waals surface area contributed by atoms with E-state index in [0.29, 0.717) is 35.1 Å². The van der Waals surface area contributed by atoms with E-state index in [9.17, 15) is 14.7 Å². The SMILES string of the molecule is CCCC(C)NC(=O)CN1CC(c2ccc3c(c2)OCO3)C(C(=O)O)C1c1ccc(OC)cc1OCOC. The van der Waals surface area contributed by atoms with Crippen molar-refractivity contribution in [3.63, 3.8) is 0 Å². The van der Waals surface area contributed by atoms with Gasteiger partial charge in [0.1, 0.15) is 11.5 Å². The van der Waals surface area contributed by atoms with E-state index in [1.807, 2.05) is 24.0 Å². The number of hydrogen-bond acceptors (Lipinski definition) is 8. The minimum atomic E-state index is -0.964. The van der Waals surface area contributed by atoms with Crippen LogP contribution in [-0.2, 0) is 14.3 Å². The van der Waals surface area contributed by atoms with E-state index in [2.05, 4.69) is 12.2 Å². The van der Waals surface area contributed by atoms with Gasteiger partial charge in [-0.3, -0.25) is 14.5 Å². The maximum absolute atomic E-state index is 13.1. The fourth-order valence-electron chi connectivity index (χ4n) is 5.39. The molecule has 1 saturated heterocycles. The van der Waals surface area contributed by atoms with Gasteiger partial charge in [-0.2, -0.15) is 0 Å². The summed E-state index contributed by atoms with van der Waals surface area (Å²) in [5.74, 6) is -0.177. The molecule has 38 heavy (non-hydrogen) atoms. The van der Waals surface area contributed by atoms with Crippen molar-refractivity contribution in [3.8, 4) is 23.0 Å². The Balaban J connectivity index is 1.74. The van der Waals surface area contributed by atoms with E-state index in [1.54, 1.807) is 31.4 Å². The summed E-state index contributed by atoms with van der Waals surface area (Å²) in [5, 5.41) is 13.6. The van der Waals surface area contributed by atoms with Crippen LogP contribution in [0.5, 0.6) is 23.0 Å². The van der Waals surface area contributed by atoms with E-state index in [-0.39, 0.29) is 32.1 Å². The minimum Gasteiger partial charge on any atom is -0.497 e. The van der Waals surface area contributed by atoms with Crippen molar-refractivity contribution < 1.29 is 38.4 Å². The van der Waals surface area contributed by atoms with Gasteiger partial charge in [-0.1, -0.05) is 25.5 Å². The Morgan fingerprint density at radius 1 is 1.16 bits per heavy atom. The lowest BCUT2D eigenvalue weighted by molar-refractivity contribution is -0.143. The average molecular weight is 529 g/mol. The molecule has 2 heterocycles. The normalized spacial score (nSPS) is 21.2. The highest BCUT2D eigenvalue weighted by atomic mass is 16.7. The number of carboxylic acids is 1. The fraction of sp³-hybridized carbons (Fsp3) is 0.500. The largest absolute Gasteiger partial charge is 0.497 e. The Hall–Kier alpha value is -3.50. The molecule has 0 saturated carbocycles. The summed E-state index contributed by atoms with van der Waals surface area (Å²) in [6.07, 6.45) is 1.81. The summed E-state index contributed by atoms with van der Waals surface area (Å²) < 4.78 is 27.4. The molecule has 1 amide bonds. The molecular weight excluding hydrogens is 492 g/mol. The number of carbonyl (C=O) groups excluding carboxylic acids is 1. The summed E-state index contributed by atoms with van der Waals surface area (Å²) in [4.78, 5) is 27.9. The molecule has 4 unspecified atom stereocenters. The van der Waals surface area contributed by atoms with Crippen molar-refractivity contribution in [2.24, 2.45) is 5.92 Å². The summed E-state index contributed by atoms with van der Waals surface area (Å²) in [5.41, 5.74) is 1.45. The second kappa shape index (κ2) is 12.4. The van der Waals surface area contributed by atoms with Gasteiger partial charge in [0, 0.05) is 37.2 Å². The number of methoxy groups -OCH3 is 2. The van der Waals surface area contributed by atoms with Crippen LogP contribution in [-0.4, -0.2) is 68.8 Å². The van der Waals surface area contributed by atoms with Gasteiger partial charge < -0.3 is 34.1 Å². The minimum absolute atomic E-state index is 0.0226. The van der Waals surface area contributed by atoms with E-state index >= 15 is 0 Å². The molecule has 2 N–H and O–H groups in total. The molecule has 1 fully saturated rings. The number of fused-ring (bicyclic) bond motifs is 1. The molecule has 0 bridgehead atoms. The van der Waals surface area contributed by atoms with Gasteiger partial charge >= 0.3 is 5.97 Å². The van der Waals surface area contributed by atoms with Crippen molar-refractivity contribution in [3.05, 3.63) is 47.5 Å². The number of nitrogens with zero attached hydrogens (tertiary/aromatic N) is 1. The monoisotopic (exact) mass is 528 g/mol. The number of likely N-dealkylation sites (tertiary alicyclic amines) is 1. The fourth-order valence-corrected chi connectivity index (χ4v) is 5.39. The van der Waals surface area contributed by atoms with Crippen LogP contribution < -0.4 is 24.3 Å². The predicted octanol–water partition coefficient (Wildman–Crippen LogP) is 3.55. The summed E-state index contributed by atoms with van der Waals surface area (Å²) in [6, 6.07) is 10.2.